The minimum Gasteiger partial charge on any atom is -0.462 e. The van der Waals surface area contributed by atoms with E-state index in [0.717, 1.165) is 6.42 Å². The van der Waals surface area contributed by atoms with Gasteiger partial charge in [-0.1, -0.05) is 6.92 Å². The van der Waals surface area contributed by atoms with Gasteiger partial charge in [-0.2, -0.15) is 0 Å². The van der Waals surface area contributed by atoms with Crippen LogP contribution in [0.15, 0.2) is 0 Å². The van der Waals surface area contributed by atoms with E-state index in [0.29, 0.717) is 11.3 Å². The molecule has 0 N–H and O–H groups in total. The first-order chi connectivity index (χ1) is 5.62. The predicted molar refractivity (Wildman–Crippen MR) is 45.6 cm³/mol. The molecule has 2 rings (SSSR count). The highest BCUT2D eigenvalue weighted by Crippen LogP contribution is 2.61. The summed E-state index contributed by atoms with van der Waals surface area (Å²) in [5.74, 6) is 0.561. The summed E-state index contributed by atoms with van der Waals surface area (Å²) in [5.41, 5.74) is 0.526. The van der Waals surface area contributed by atoms with E-state index >= 15 is 0 Å². The molecule has 0 aromatic rings. The van der Waals surface area contributed by atoms with Gasteiger partial charge in [-0.25, -0.2) is 0 Å². The number of hydrogen-bond donors (Lipinski definition) is 0. The molecule has 0 unspecified atom stereocenters. The highest BCUT2D eigenvalue weighted by atomic mass is 16.5. The molecule has 0 heterocycles. The van der Waals surface area contributed by atoms with Crippen LogP contribution in [-0.2, 0) is 9.53 Å². The highest BCUT2D eigenvalue weighted by molar-refractivity contribution is 5.66. The molecule has 2 fully saturated rings. The third-order valence-corrected chi connectivity index (χ3v) is 3.42. The largest absolute Gasteiger partial charge is 0.462 e. The van der Waals surface area contributed by atoms with Crippen LogP contribution >= 0.6 is 0 Å². The van der Waals surface area contributed by atoms with Crippen molar-refractivity contribution in [1.82, 2.24) is 0 Å². The molecule has 2 heteroatoms. The second-order valence-electron chi connectivity index (χ2n) is 4.50. The molecule has 2 aliphatic carbocycles. The Morgan fingerprint density at radius 3 is 3.00 bits per heavy atom. The first-order valence-electron chi connectivity index (χ1n) is 4.79. The lowest BCUT2D eigenvalue weighted by molar-refractivity contribution is -0.149. The van der Waals surface area contributed by atoms with Gasteiger partial charge in [-0.3, -0.25) is 4.79 Å². The second kappa shape index (κ2) is 2.48. The van der Waals surface area contributed by atoms with Gasteiger partial charge in [0.25, 0.3) is 0 Å². The Hall–Kier alpha value is -0.530. The Kier molecular flexibility index (Phi) is 1.67. The smallest absolute Gasteiger partial charge is 0.302 e. The minimum absolute atomic E-state index is 0.115. The molecular weight excluding hydrogens is 152 g/mol. The Balaban J connectivity index is 1.95. The molecule has 0 radical (unpaired) electrons. The summed E-state index contributed by atoms with van der Waals surface area (Å²) in [7, 11) is 0. The van der Waals surface area contributed by atoms with Crippen molar-refractivity contribution in [3.8, 4) is 0 Å². The van der Waals surface area contributed by atoms with E-state index in [9.17, 15) is 4.79 Å². The fourth-order valence-electron chi connectivity index (χ4n) is 2.57. The molecule has 0 bridgehead atoms. The standard InChI is InChI=1S/C10H16O2/c1-7(11)12-9-4-3-5-10(2)6-8(9)10/h8-9H,3-6H2,1-2H3/t8-,9-,10-/m1/s1. The van der Waals surface area contributed by atoms with Crippen molar-refractivity contribution < 1.29 is 9.53 Å². The van der Waals surface area contributed by atoms with Crippen LogP contribution in [0.3, 0.4) is 0 Å². The van der Waals surface area contributed by atoms with Gasteiger partial charge in [0.15, 0.2) is 0 Å². The maximum Gasteiger partial charge on any atom is 0.302 e. The summed E-state index contributed by atoms with van der Waals surface area (Å²) in [6.45, 7) is 3.82. The van der Waals surface area contributed by atoms with Crippen LogP contribution in [0.1, 0.15) is 39.5 Å². The molecule has 68 valence electrons. The van der Waals surface area contributed by atoms with Crippen LogP contribution in [-0.4, -0.2) is 12.1 Å². The normalized spacial score (nSPS) is 44.8. The average molecular weight is 168 g/mol. The van der Waals surface area contributed by atoms with Gasteiger partial charge in [-0.15, -0.1) is 0 Å². The van der Waals surface area contributed by atoms with E-state index in [1.807, 2.05) is 0 Å². The molecule has 12 heavy (non-hydrogen) atoms. The van der Waals surface area contributed by atoms with Crippen molar-refractivity contribution in [2.24, 2.45) is 11.3 Å². The monoisotopic (exact) mass is 168 g/mol. The molecule has 0 spiro atoms. The zero-order valence-corrected chi connectivity index (χ0v) is 7.80. The lowest BCUT2D eigenvalue weighted by Gasteiger charge is -2.25. The number of ether oxygens (including phenoxy) is 1. The molecule has 0 saturated heterocycles. The Morgan fingerprint density at radius 1 is 1.58 bits per heavy atom. The summed E-state index contributed by atoms with van der Waals surface area (Å²) in [6, 6.07) is 0. The molecule has 0 amide bonds. The van der Waals surface area contributed by atoms with Gasteiger partial charge in [-0.05, 0) is 31.1 Å². The number of esters is 1. The van der Waals surface area contributed by atoms with Crippen molar-refractivity contribution >= 4 is 5.97 Å². The van der Waals surface area contributed by atoms with Crippen LogP contribution in [0.4, 0.5) is 0 Å². The Morgan fingerprint density at radius 2 is 2.33 bits per heavy atom. The van der Waals surface area contributed by atoms with Crippen molar-refractivity contribution in [3.63, 3.8) is 0 Å². The third kappa shape index (κ3) is 1.23. The third-order valence-electron chi connectivity index (χ3n) is 3.42. The molecule has 0 aliphatic heterocycles. The Bertz CT molecular complexity index is 212. The van der Waals surface area contributed by atoms with Crippen LogP contribution in [0.2, 0.25) is 0 Å². The maximum absolute atomic E-state index is 10.8. The van der Waals surface area contributed by atoms with Gasteiger partial charge >= 0.3 is 5.97 Å². The van der Waals surface area contributed by atoms with Gasteiger partial charge in [0, 0.05) is 12.8 Å². The number of rotatable bonds is 1. The van der Waals surface area contributed by atoms with Crippen LogP contribution in [0, 0.1) is 11.3 Å². The van der Waals surface area contributed by atoms with Crippen molar-refractivity contribution in [2.45, 2.75) is 45.6 Å². The van der Waals surface area contributed by atoms with E-state index in [2.05, 4.69) is 6.92 Å². The van der Waals surface area contributed by atoms with E-state index in [4.69, 9.17) is 4.74 Å². The zero-order chi connectivity index (χ0) is 8.77. The summed E-state index contributed by atoms with van der Waals surface area (Å²) in [5, 5.41) is 0. The lowest BCUT2D eigenvalue weighted by atomic mass is 9.88. The molecule has 0 aromatic heterocycles. The van der Waals surface area contributed by atoms with Crippen molar-refractivity contribution in [2.75, 3.05) is 0 Å². The van der Waals surface area contributed by atoms with Crippen LogP contribution < -0.4 is 0 Å². The Labute approximate surface area is 73.3 Å². The molecule has 3 atom stereocenters. The fraction of sp³-hybridized carbons (Fsp3) is 0.900. The number of hydrogen-bond acceptors (Lipinski definition) is 2. The summed E-state index contributed by atoms with van der Waals surface area (Å²) < 4.78 is 5.27. The molecule has 0 aromatic carbocycles. The predicted octanol–water partition coefficient (Wildman–Crippen LogP) is 2.13. The van der Waals surface area contributed by atoms with E-state index in [-0.39, 0.29) is 12.1 Å². The number of carbonyl (C=O) groups is 1. The summed E-state index contributed by atoms with van der Waals surface area (Å²) in [6.07, 6.45) is 5.15. The van der Waals surface area contributed by atoms with Crippen LogP contribution in [0.25, 0.3) is 0 Å². The van der Waals surface area contributed by atoms with Gasteiger partial charge in [0.2, 0.25) is 0 Å². The maximum atomic E-state index is 10.8. The van der Waals surface area contributed by atoms with Crippen LogP contribution in [0.5, 0.6) is 0 Å². The number of carbonyl (C=O) groups excluding carboxylic acids is 1. The van der Waals surface area contributed by atoms with E-state index < -0.39 is 0 Å². The highest BCUT2D eigenvalue weighted by Gasteiger charge is 2.56. The summed E-state index contributed by atoms with van der Waals surface area (Å²) in [4.78, 5) is 10.8. The molecular formula is C10H16O2. The van der Waals surface area contributed by atoms with E-state index in [1.165, 1.54) is 26.2 Å². The van der Waals surface area contributed by atoms with Gasteiger partial charge in [0.05, 0.1) is 0 Å². The SMILES string of the molecule is CC(=O)O[C@@H]1CCC[C@]2(C)C[C@H]12. The zero-order valence-electron chi connectivity index (χ0n) is 7.80. The first-order valence-corrected chi connectivity index (χ1v) is 4.79. The first kappa shape index (κ1) is 8.09. The van der Waals surface area contributed by atoms with Gasteiger partial charge in [0.1, 0.15) is 6.10 Å². The second-order valence-corrected chi connectivity index (χ2v) is 4.50. The quantitative estimate of drug-likeness (QED) is 0.561. The van der Waals surface area contributed by atoms with E-state index in [1.54, 1.807) is 0 Å². The topological polar surface area (TPSA) is 26.3 Å². The fourth-order valence-corrected chi connectivity index (χ4v) is 2.57. The molecule has 2 aliphatic rings. The van der Waals surface area contributed by atoms with Gasteiger partial charge < -0.3 is 4.74 Å². The van der Waals surface area contributed by atoms with Crippen molar-refractivity contribution in [3.05, 3.63) is 0 Å². The molecule has 2 nitrogen and oxygen atoms in total. The lowest BCUT2D eigenvalue weighted by Crippen LogP contribution is -2.25. The average Bonchev–Trinajstić information content (AvgIpc) is 2.61. The number of fused-ring (bicyclic) bond motifs is 1. The minimum atomic E-state index is -0.115. The van der Waals surface area contributed by atoms with Crippen molar-refractivity contribution in [1.29, 1.82) is 0 Å². The molecule has 2 saturated carbocycles. The summed E-state index contributed by atoms with van der Waals surface area (Å²) >= 11 is 0.